The minimum absolute atomic E-state index is 0.625. The molecule has 0 aliphatic carbocycles. The van der Waals surface area contributed by atoms with Crippen molar-refractivity contribution in [2.45, 2.75) is 0 Å². The van der Waals surface area contributed by atoms with Crippen LogP contribution in [0.3, 0.4) is 0 Å². The zero-order chi connectivity index (χ0) is 42.6. The Balaban J connectivity index is 1.05. The predicted octanol–water partition coefficient (Wildman–Crippen LogP) is 15.4. The second-order valence-electron chi connectivity index (χ2n) is 17.0. The van der Waals surface area contributed by atoms with E-state index in [1.807, 2.05) is 0 Å². The largest absolute Gasteiger partial charge is 0.309 e. The summed E-state index contributed by atoms with van der Waals surface area (Å²) in [4.78, 5) is 10.9. The van der Waals surface area contributed by atoms with Crippen molar-refractivity contribution in [3.05, 3.63) is 224 Å². The number of nitrogens with zero attached hydrogens (tertiary/aromatic N) is 5. The fourth-order valence-corrected chi connectivity index (χ4v) is 10.6. The molecule has 14 rings (SSSR count). The second kappa shape index (κ2) is 13.9. The van der Waals surface area contributed by atoms with Crippen molar-refractivity contribution in [3.63, 3.8) is 0 Å². The Hall–Kier alpha value is -8.80. The van der Waals surface area contributed by atoms with E-state index in [1.54, 1.807) is 0 Å². The molecule has 5 nitrogen and oxygen atoms in total. The Morgan fingerprint density at radius 3 is 1.32 bits per heavy atom. The second-order valence-corrected chi connectivity index (χ2v) is 17.0. The third-order valence-corrected chi connectivity index (χ3v) is 13.4. The quantitative estimate of drug-likeness (QED) is 0.173. The van der Waals surface area contributed by atoms with E-state index in [-0.39, 0.29) is 0 Å². The fourth-order valence-electron chi connectivity index (χ4n) is 10.6. The lowest BCUT2D eigenvalue weighted by atomic mass is 10.0. The molecule has 65 heavy (non-hydrogen) atoms. The molecule has 0 bridgehead atoms. The molecule has 0 aliphatic rings. The van der Waals surface area contributed by atoms with Gasteiger partial charge in [0.05, 0.1) is 50.2 Å². The molecule has 0 atom stereocenters. The van der Waals surface area contributed by atoms with Gasteiger partial charge in [-0.05, 0) is 94.3 Å². The highest BCUT2D eigenvalue weighted by atomic mass is 15.2. The molecule has 10 aromatic carbocycles. The van der Waals surface area contributed by atoms with E-state index >= 15 is 0 Å². The van der Waals surface area contributed by atoms with Crippen LogP contribution in [0.4, 0.5) is 0 Å². The van der Waals surface area contributed by atoms with E-state index in [0.717, 1.165) is 66.7 Å². The van der Waals surface area contributed by atoms with Gasteiger partial charge in [-0.2, -0.15) is 0 Å². The highest BCUT2D eigenvalue weighted by Crippen LogP contribution is 2.45. The third-order valence-electron chi connectivity index (χ3n) is 13.4. The van der Waals surface area contributed by atoms with Gasteiger partial charge in [0.25, 0.3) is 0 Å². The topological polar surface area (TPSA) is 40.6 Å². The monoisotopic (exact) mass is 827 g/mol. The maximum Gasteiger partial charge on any atom is 0.235 e. The maximum absolute atomic E-state index is 5.47. The van der Waals surface area contributed by atoms with Gasteiger partial charge >= 0.3 is 0 Å². The number of rotatable bonds is 5. The fraction of sp³-hybridized carbons (Fsp3) is 0. The maximum atomic E-state index is 5.47. The molecule has 0 unspecified atom stereocenters. The van der Waals surface area contributed by atoms with Crippen LogP contribution < -0.4 is 0 Å². The van der Waals surface area contributed by atoms with Gasteiger partial charge in [0.15, 0.2) is 0 Å². The highest BCUT2D eigenvalue weighted by molar-refractivity contribution is 6.29. The number of fused-ring (bicyclic) bond motifs is 12. The average molecular weight is 828 g/mol. The lowest BCUT2D eigenvalue weighted by Gasteiger charge is -2.13. The first-order chi connectivity index (χ1) is 32.2. The summed E-state index contributed by atoms with van der Waals surface area (Å²) in [5, 5.41) is 12.0. The van der Waals surface area contributed by atoms with Gasteiger partial charge in [-0.15, -0.1) is 0 Å². The Morgan fingerprint density at radius 2 is 0.723 bits per heavy atom. The van der Waals surface area contributed by atoms with Crippen molar-refractivity contribution >= 4 is 87.0 Å². The number of hydrogen-bond donors (Lipinski definition) is 0. The van der Waals surface area contributed by atoms with E-state index in [0.29, 0.717) is 5.95 Å². The van der Waals surface area contributed by atoms with Crippen LogP contribution in [0.1, 0.15) is 0 Å². The molecule has 0 amide bonds. The number of para-hydroxylation sites is 4. The Bertz CT molecular complexity index is 4150. The van der Waals surface area contributed by atoms with E-state index in [4.69, 9.17) is 9.97 Å². The van der Waals surface area contributed by atoms with E-state index < -0.39 is 0 Å². The molecular formula is C60H37N5. The van der Waals surface area contributed by atoms with Crippen LogP contribution in [0.2, 0.25) is 0 Å². The van der Waals surface area contributed by atoms with Gasteiger partial charge in [-0.3, -0.25) is 4.57 Å². The molecule has 5 heteroatoms. The molecule has 4 heterocycles. The van der Waals surface area contributed by atoms with Crippen LogP contribution in [0.25, 0.3) is 127 Å². The molecule has 302 valence electrons. The summed E-state index contributed by atoms with van der Waals surface area (Å²) in [6, 6.07) is 80.8. The SMILES string of the molecule is c1ccc(-n2c3ccccc3c3c4c5ccccc5n(-c5cccc6c5c5ccccc5n6-c5nc(-c6ccc7ccccc7c6)cc(-c6ccc7ccccc7c6)n5)c4ccc32)cc1. The van der Waals surface area contributed by atoms with Crippen molar-refractivity contribution in [1.29, 1.82) is 0 Å². The Morgan fingerprint density at radius 1 is 0.277 bits per heavy atom. The minimum atomic E-state index is 0.625. The van der Waals surface area contributed by atoms with Crippen molar-refractivity contribution in [1.82, 2.24) is 23.7 Å². The first kappa shape index (κ1) is 35.8. The van der Waals surface area contributed by atoms with Crippen LogP contribution >= 0.6 is 0 Å². The average Bonchev–Trinajstić information content (AvgIpc) is 4.02. The van der Waals surface area contributed by atoms with E-state index in [9.17, 15) is 0 Å². The van der Waals surface area contributed by atoms with Crippen LogP contribution in [0.5, 0.6) is 0 Å². The van der Waals surface area contributed by atoms with E-state index in [2.05, 4.69) is 238 Å². The van der Waals surface area contributed by atoms with Gasteiger partial charge in [0.1, 0.15) is 0 Å². The van der Waals surface area contributed by atoms with Gasteiger partial charge in [0, 0.05) is 49.1 Å². The highest BCUT2D eigenvalue weighted by Gasteiger charge is 2.24. The lowest BCUT2D eigenvalue weighted by Crippen LogP contribution is -2.04. The van der Waals surface area contributed by atoms with Crippen LogP contribution in [0, 0.1) is 0 Å². The zero-order valence-corrected chi connectivity index (χ0v) is 35.1. The van der Waals surface area contributed by atoms with Crippen molar-refractivity contribution in [2.24, 2.45) is 0 Å². The summed E-state index contributed by atoms with van der Waals surface area (Å²) >= 11 is 0. The summed E-state index contributed by atoms with van der Waals surface area (Å²) in [7, 11) is 0. The Labute approximate surface area is 373 Å². The molecular weight excluding hydrogens is 791 g/mol. The first-order valence-corrected chi connectivity index (χ1v) is 22.2. The third kappa shape index (κ3) is 5.33. The summed E-state index contributed by atoms with van der Waals surface area (Å²) < 4.78 is 7.15. The molecule has 4 aromatic heterocycles. The predicted molar refractivity (Wildman–Crippen MR) is 271 cm³/mol. The van der Waals surface area contributed by atoms with E-state index in [1.165, 1.54) is 54.1 Å². The van der Waals surface area contributed by atoms with Crippen LogP contribution in [0.15, 0.2) is 224 Å². The minimum Gasteiger partial charge on any atom is -0.309 e. The first-order valence-electron chi connectivity index (χ1n) is 22.2. The van der Waals surface area contributed by atoms with Crippen molar-refractivity contribution < 1.29 is 0 Å². The molecule has 0 N–H and O–H groups in total. The summed E-state index contributed by atoms with van der Waals surface area (Å²) in [6.07, 6.45) is 0. The number of hydrogen-bond acceptors (Lipinski definition) is 2. The normalized spacial score (nSPS) is 12.0. The van der Waals surface area contributed by atoms with Crippen molar-refractivity contribution in [2.75, 3.05) is 0 Å². The van der Waals surface area contributed by atoms with Crippen LogP contribution in [-0.2, 0) is 0 Å². The smallest absolute Gasteiger partial charge is 0.235 e. The molecule has 0 saturated heterocycles. The van der Waals surface area contributed by atoms with Crippen LogP contribution in [-0.4, -0.2) is 23.7 Å². The summed E-state index contributed by atoms with van der Waals surface area (Å²) in [6.45, 7) is 0. The molecule has 14 aromatic rings. The number of benzene rings is 10. The summed E-state index contributed by atoms with van der Waals surface area (Å²) in [5.74, 6) is 0.625. The van der Waals surface area contributed by atoms with Gasteiger partial charge in [0.2, 0.25) is 5.95 Å². The van der Waals surface area contributed by atoms with Gasteiger partial charge in [-0.1, -0.05) is 152 Å². The molecule has 0 saturated carbocycles. The zero-order valence-electron chi connectivity index (χ0n) is 35.1. The molecule has 0 radical (unpaired) electrons. The standard InChI is InChI=1S/C60H37N5/c1-2-19-44(20-3-1)63-50-24-11-9-22-46(50)58-55(63)33-34-56-59(58)47-23-10-12-25-51(47)64(56)53-27-14-28-54-57(53)45-21-8-13-26-52(45)65(54)60-61-48(42-31-29-38-15-4-6-17-40(38)35-42)37-49(62-60)43-32-30-39-16-5-7-18-41(39)36-43/h1-37H. The van der Waals surface area contributed by atoms with Gasteiger partial charge < -0.3 is 9.13 Å². The molecule has 0 aliphatic heterocycles. The lowest BCUT2D eigenvalue weighted by molar-refractivity contribution is 0.995. The molecule has 0 spiro atoms. The Kier molecular flexibility index (Phi) is 7.62. The molecule has 0 fully saturated rings. The van der Waals surface area contributed by atoms with Gasteiger partial charge in [-0.25, -0.2) is 9.97 Å². The number of aromatic nitrogens is 5. The van der Waals surface area contributed by atoms with Crippen molar-refractivity contribution in [3.8, 4) is 39.8 Å². The summed E-state index contributed by atoms with van der Waals surface area (Å²) in [5.41, 5.74) is 12.9.